The van der Waals surface area contributed by atoms with Crippen LogP contribution in [0.4, 0.5) is 23.8 Å². The highest BCUT2D eigenvalue weighted by molar-refractivity contribution is 5.88. The van der Waals surface area contributed by atoms with Crippen LogP contribution >= 0.6 is 0 Å². The summed E-state index contributed by atoms with van der Waals surface area (Å²) in [5.74, 6) is 0.973. The van der Waals surface area contributed by atoms with Crippen molar-refractivity contribution in [2.45, 2.75) is 25.6 Å². The monoisotopic (exact) mass is 353 g/mol. The number of nitrogens with one attached hydrogen (secondary N) is 1. The highest BCUT2D eigenvalue weighted by Crippen LogP contribution is 2.30. The van der Waals surface area contributed by atoms with Crippen molar-refractivity contribution >= 4 is 11.8 Å². The third kappa shape index (κ3) is 4.09. The van der Waals surface area contributed by atoms with Gasteiger partial charge >= 0.3 is 12.2 Å². The molecule has 1 aliphatic heterocycles. The number of hydrogen-bond acceptors (Lipinski definition) is 3. The standard InChI is InChI=1S/C16H18F3N5O/c1-23(15(25)22-13-4-2-3-7-20-13)8-11-5-6-14-21-12(16(17,18)19)10-24(14)9-11/h2-4,7,10-11H,5-6,8-9H2,1H3,(H,20,22,25). The molecule has 1 aliphatic rings. The quantitative estimate of drug-likeness (QED) is 0.923. The molecule has 2 aromatic rings. The minimum atomic E-state index is -4.43. The molecule has 2 aromatic heterocycles. The molecule has 0 saturated carbocycles. The first kappa shape index (κ1) is 17.2. The summed E-state index contributed by atoms with van der Waals surface area (Å²) in [7, 11) is 1.66. The van der Waals surface area contributed by atoms with Crippen molar-refractivity contribution in [1.82, 2.24) is 19.4 Å². The van der Waals surface area contributed by atoms with E-state index in [1.165, 1.54) is 4.90 Å². The number of aryl methyl sites for hydroxylation is 1. The van der Waals surface area contributed by atoms with Gasteiger partial charge in [0.05, 0.1) is 0 Å². The Morgan fingerprint density at radius 3 is 2.92 bits per heavy atom. The normalized spacial score (nSPS) is 17.0. The lowest BCUT2D eigenvalue weighted by molar-refractivity contribution is -0.141. The Balaban J connectivity index is 1.59. The third-order valence-electron chi connectivity index (χ3n) is 4.16. The summed E-state index contributed by atoms with van der Waals surface area (Å²) >= 11 is 0. The van der Waals surface area contributed by atoms with E-state index >= 15 is 0 Å². The number of rotatable bonds is 3. The molecule has 2 amide bonds. The number of urea groups is 1. The van der Waals surface area contributed by atoms with Gasteiger partial charge in [-0.3, -0.25) is 5.32 Å². The molecule has 1 atom stereocenters. The molecule has 3 heterocycles. The second-order valence-corrected chi connectivity index (χ2v) is 6.12. The van der Waals surface area contributed by atoms with Crippen molar-refractivity contribution in [2.75, 3.05) is 18.9 Å². The first-order valence-corrected chi connectivity index (χ1v) is 7.89. The van der Waals surface area contributed by atoms with E-state index in [1.807, 2.05) is 0 Å². The van der Waals surface area contributed by atoms with E-state index in [2.05, 4.69) is 15.3 Å². The molecule has 0 aliphatic carbocycles. The molecule has 134 valence electrons. The smallest absolute Gasteiger partial charge is 0.334 e. The summed E-state index contributed by atoms with van der Waals surface area (Å²) in [6.07, 6.45) is -0.643. The van der Waals surface area contributed by atoms with Gasteiger partial charge in [-0.25, -0.2) is 14.8 Å². The van der Waals surface area contributed by atoms with E-state index in [-0.39, 0.29) is 11.9 Å². The Hall–Kier alpha value is -2.58. The van der Waals surface area contributed by atoms with Crippen LogP contribution in [-0.4, -0.2) is 39.1 Å². The van der Waals surface area contributed by atoms with Crippen molar-refractivity contribution in [2.24, 2.45) is 5.92 Å². The maximum Gasteiger partial charge on any atom is 0.434 e. The number of hydrogen-bond donors (Lipinski definition) is 1. The molecule has 25 heavy (non-hydrogen) atoms. The average molecular weight is 353 g/mol. The number of fused-ring (bicyclic) bond motifs is 1. The predicted molar refractivity (Wildman–Crippen MR) is 84.9 cm³/mol. The number of nitrogens with zero attached hydrogens (tertiary/aromatic N) is 4. The van der Waals surface area contributed by atoms with E-state index in [1.54, 1.807) is 36.0 Å². The lowest BCUT2D eigenvalue weighted by atomic mass is 9.99. The molecule has 1 N–H and O–H groups in total. The van der Waals surface area contributed by atoms with Crippen molar-refractivity contribution in [3.05, 3.63) is 42.1 Å². The number of amides is 2. The Kier molecular flexibility index (Phi) is 4.65. The Bertz CT molecular complexity index is 744. The zero-order valence-corrected chi connectivity index (χ0v) is 13.6. The SMILES string of the molecule is CN(CC1CCc2nc(C(F)(F)F)cn2C1)C(=O)Nc1ccccn1. The van der Waals surface area contributed by atoms with Gasteiger partial charge in [0.25, 0.3) is 0 Å². The highest BCUT2D eigenvalue weighted by atomic mass is 19.4. The first-order valence-electron chi connectivity index (χ1n) is 7.89. The van der Waals surface area contributed by atoms with E-state index < -0.39 is 11.9 Å². The molecule has 0 fully saturated rings. The van der Waals surface area contributed by atoms with Crippen LogP contribution in [-0.2, 0) is 19.1 Å². The lowest BCUT2D eigenvalue weighted by Crippen LogP contribution is -2.38. The fourth-order valence-electron chi connectivity index (χ4n) is 2.91. The number of carbonyl (C=O) groups excluding carboxylic acids is 1. The molecular formula is C16H18F3N5O. The largest absolute Gasteiger partial charge is 0.434 e. The van der Waals surface area contributed by atoms with Crippen molar-refractivity contribution in [3.63, 3.8) is 0 Å². The molecule has 9 heteroatoms. The Morgan fingerprint density at radius 1 is 1.44 bits per heavy atom. The van der Waals surface area contributed by atoms with Crippen LogP contribution in [0.1, 0.15) is 17.9 Å². The van der Waals surface area contributed by atoms with Crippen LogP contribution in [0.15, 0.2) is 30.6 Å². The number of halogens is 3. The van der Waals surface area contributed by atoms with Gasteiger partial charge in [-0.15, -0.1) is 0 Å². The van der Waals surface area contributed by atoms with Crippen LogP contribution in [0, 0.1) is 5.92 Å². The highest BCUT2D eigenvalue weighted by Gasteiger charge is 2.36. The predicted octanol–water partition coefficient (Wildman–Crippen LogP) is 3.02. The van der Waals surface area contributed by atoms with Crippen LogP contribution in [0.5, 0.6) is 0 Å². The number of pyridine rings is 1. The fraction of sp³-hybridized carbons (Fsp3) is 0.438. The van der Waals surface area contributed by atoms with Crippen molar-refractivity contribution in [3.8, 4) is 0 Å². The minimum absolute atomic E-state index is 0.0715. The molecule has 0 aromatic carbocycles. The fourth-order valence-corrected chi connectivity index (χ4v) is 2.91. The van der Waals surface area contributed by atoms with Crippen LogP contribution in [0.25, 0.3) is 0 Å². The first-order chi connectivity index (χ1) is 11.8. The van der Waals surface area contributed by atoms with Gasteiger partial charge in [0.15, 0.2) is 5.69 Å². The topological polar surface area (TPSA) is 63.1 Å². The molecule has 0 saturated heterocycles. The van der Waals surface area contributed by atoms with Gasteiger partial charge in [-0.2, -0.15) is 13.2 Å². The van der Waals surface area contributed by atoms with Gasteiger partial charge in [-0.05, 0) is 24.5 Å². The summed E-state index contributed by atoms with van der Waals surface area (Å²) in [6.45, 7) is 0.858. The number of carbonyl (C=O) groups is 1. The van der Waals surface area contributed by atoms with Gasteiger partial charge in [-0.1, -0.05) is 6.07 Å². The zero-order chi connectivity index (χ0) is 18.0. The van der Waals surface area contributed by atoms with Gasteiger partial charge in [0.1, 0.15) is 11.6 Å². The lowest BCUT2D eigenvalue weighted by Gasteiger charge is -2.28. The second kappa shape index (κ2) is 6.73. The molecule has 6 nitrogen and oxygen atoms in total. The van der Waals surface area contributed by atoms with Crippen LogP contribution in [0.3, 0.4) is 0 Å². The van der Waals surface area contributed by atoms with Gasteiger partial charge in [0.2, 0.25) is 0 Å². The zero-order valence-electron chi connectivity index (χ0n) is 13.6. The maximum atomic E-state index is 12.8. The van der Waals surface area contributed by atoms with E-state index in [4.69, 9.17) is 0 Å². The third-order valence-corrected chi connectivity index (χ3v) is 4.16. The summed E-state index contributed by atoms with van der Waals surface area (Å²) in [5, 5.41) is 2.68. The number of aromatic nitrogens is 3. The summed E-state index contributed by atoms with van der Waals surface area (Å²) in [5.41, 5.74) is -0.857. The Morgan fingerprint density at radius 2 is 2.24 bits per heavy atom. The Labute approximate surface area is 142 Å². The summed E-state index contributed by atoms with van der Waals surface area (Å²) < 4.78 is 39.8. The number of anilines is 1. The number of alkyl halides is 3. The summed E-state index contributed by atoms with van der Waals surface area (Å²) in [4.78, 5) is 21.4. The van der Waals surface area contributed by atoms with E-state index in [9.17, 15) is 18.0 Å². The van der Waals surface area contributed by atoms with Gasteiger partial charge < -0.3 is 9.47 Å². The molecule has 3 rings (SSSR count). The van der Waals surface area contributed by atoms with Crippen LogP contribution in [0.2, 0.25) is 0 Å². The second-order valence-electron chi connectivity index (χ2n) is 6.12. The molecule has 0 radical (unpaired) electrons. The number of imidazole rings is 1. The van der Waals surface area contributed by atoms with Crippen molar-refractivity contribution < 1.29 is 18.0 Å². The van der Waals surface area contributed by atoms with Crippen molar-refractivity contribution in [1.29, 1.82) is 0 Å². The molecular weight excluding hydrogens is 335 g/mol. The van der Waals surface area contributed by atoms with Crippen LogP contribution < -0.4 is 5.32 Å². The molecule has 0 spiro atoms. The molecule has 0 bridgehead atoms. The van der Waals surface area contributed by atoms with E-state index in [0.717, 1.165) is 6.20 Å². The van der Waals surface area contributed by atoms with E-state index in [0.29, 0.717) is 37.6 Å². The maximum absolute atomic E-state index is 12.8. The minimum Gasteiger partial charge on any atom is -0.334 e. The molecule has 1 unspecified atom stereocenters. The average Bonchev–Trinajstić information content (AvgIpc) is 2.99. The summed E-state index contributed by atoms with van der Waals surface area (Å²) in [6, 6.07) is 4.90. The van der Waals surface area contributed by atoms with Gasteiger partial charge in [0, 0.05) is 39.0 Å².